The molecule has 4 aromatic carbocycles. The van der Waals surface area contributed by atoms with Crippen molar-refractivity contribution in [3.63, 3.8) is 0 Å². The fraction of sp³-hybridized carbons (Fsp3) is 0.282. The number of amides is 1. The van der Waals surface area contributed by atoms with Crippen LogP contribution in [0.2, 0.25) is 0 Å². The summed E-state index contributed by atoms with van der Waals surface area (Å²) >= 11 is 0. The molecule has 0 unspecified atom stereocenters. The number of carbonyl (C=O) groups is 2. The van der Waals surface area contributed by atoms with Crippen LogP contribution in [0.3, 0.4) is 0 Å². The molecule has 0 radical (unpaired) electrons. The van der Waals surface area contributed by atoms with Crippen molar-refractivity contribution in [2.45, 2.75) is 65.8 Å². The molecule has 1 amide bonds. The van der Waals surface area contributed by atoms with Gasteiger partial charge in [0.25, 0.3) is 5.91 Å². The predicted octanol–water partition coefficient (Wildman–Crippen LogP) is 8.23. The Bertz CT molecular complexity index is 1830. The van der Waals surface area contributed by atoms with Gasteiger partial charge in [0, 0.05) is 29.8 Å². The summed E-state index contributed by atoms with van der Waals surface area (Å²) in [5.41, 5.74) is 10.6. The molecule has 8 nitrogen and oxygen atoms in total. The molecule has 47 heavy (non-hydrogen) atoms. The average Bonchev–Trinajstić information content (AvgIpc) is 3.51. The summed E-state index contributed by atoms with van der Waals surface area (Å²) in [7, 11) is 0. The zero-order chi connectivity index (χ0) is 33.7. The zero-order valence-electron chi connectivity index (χ0n) is 27.8. The predicted molar refractivity (Wildman–Crippen MR) is 186 cm³/mol. The van der Waals surface area contributed by atoms with E-state index in [1.54, 1.807) is 12.1 Å². The molecule has 0 fully saturated rings. The van der Waals surface area contributed by atoms with Crippen LogP contribution >= 0.6 is 0 Å². The number of nitrogens with zero attached hydrogens (tertiary/aromatic N) is 2. The molecule has 0 saturated heterocycles. The molecule has 3 N–H and O–H groups in total. The summed E-state index contributed by atoms with van der Waals surface area (Å²) in [4.78, 5) is 23.3. The third kappa shape index (κ3) is 8.33. The number of anilines is 1. The van der Waals surface area contributed by atoms with Crippen LogP contribution in [-0.4, -0.2) is 33.7 Å². The Balaban J connectivity index is 1.39. The van der Waals surface area contributed by atoms with E-state index in [2.05, 4.69) is 111 Å². The van der Waals surface area contributed by atoms with E-state index in [0.29, 0.717) is 23.8 Å². The molecule has 1 aromatic heterocycles. The number of aromatic nitrogens is 2. The molecule has 242 valence electrons. The molecule has 5 aromatic rings. The van der Waals surface area contributed by atoms with E-state index in [1.807, 2.05) is 24.3 Å². The number of aliphatic carboxylic acids is 1. The molecule has 0 aliphatic heterocycles. The number of hydrogen-bond donors (Lipinski definition) is 3. The summed E-state index contributed by atoms with van der Waals surface area (Å²) in [6, 6.07) is 27.9. The standard InChI is InChI=1S/C39H42N4O4/c1-24-21-25(2)35(26(3)22-24)28-9-7-27(8-10-28)23-33(41-32-17-13-29(14-18-32)36(46)40-20-19-34(44)45)38-43-42-37(47-38)30-11-15-31(16-12-30)39(4,5)6/h7-18,21-22,33,41H,19-20,23H2,1-6H3,(H,40,46)(H,44,45)/t33-/m0/s1. The number of aryl methyl sites for hydroxylation is 3. The van der Waals surface area contributed by atoms with Crippen molar-refractivity contribution in [2.24, 2.45) is 0 Å². The van der Waals surface area contributed by atoms with Gasteiger partial charge in [-0.2, -0.15) is 0 Å². The first-order valence-electron chi connectivity index (χ1n) is 15.9. The Morgan fingerprint density at radius 1 is 0.830 bits per heavy atom. The van der Waals surface area contributed by atoms with Gasteiger partial charge in [0.2, 0.25) is 11.8 Å². The van der Waals surface area contributed by atoms with Crippen molar-refractivity contribution in [1.29, 1.82) is 0 Å². The molecule has 0 bridgehead atoms. The van der Waals surface area contributed by atoms with Crippen molar-refractivity contribution in [3.05, 3.63) is 124 Å². The molecule has 0 saturated carbocycles. The van der Waals surface area contributed by atoms with Crippen molar-refractivity contribution in [1.82, 2.24) is 15.5 Å². The highest BCUT2D eigenvalue weighted by Gasteiger charge is 2.22. The first-order chi connectivity index (χ1) is 22.4. The van der Waals surface area contributed by atoms with Crippen LogP contribution in [0.4, 0.5) is 5.69 Å². The summed E-state index contributed by atoms with van der Waals surface area (Å²) in [6.07, 6.45) is 0.444. The largest absolute Gasteiger partial charge is 0.481 e. The van der Waals surface area contributed by atoms with Crippen molar-refractivity contribution in [3.8, 4) is 22.6 Å². The van der Waals surface area contributed by atoms with Gasteiger partial charge < -0.3 is 20.2 Å². The van der Waals surface area contributed by atoms with E-state index in [9.17, 15) is 9.59 Å². The van der Waals surface area contributed by atoms with Crippen molar-refractivity contribution >= 4 is 17.6 Å². The number of rotatable bonds is 11. The first-order valence-corrected chi connectivity index (χ1v) is 15.9. The summed E-state index contributed by atoms with van der Waals surface area (Å²) in [5, 5.41) is 23.8. The lowest BCUT2D eigenvalue weighted by atomic mass is 9.87. The van der Waals surface area contributed by atoms with Crippen molar-refractivity contribution < 1.29 is 19.1 Å². The van der Waals surface area contributed by atoms with Crippen LogP contribution in [0, 0.1) is 20.8 Å². The minimum absolute atomic E-state index is 0.0363. The maximum atomic E-state index is 12.5. The summed E-state index contributed by atoms with van der Waals surface area (Å²) in [5.74, 6) is -0.393. The van der Waals surface area contributed by atoms with Gasteiger partial charge in [-0.3, -0.25) is 9.59 Å². The molecule has 1 heterocycles. The minimum Gasteiger partial charge on any atom is -0.481 e. The van der Waals surface area contributed by atoms with Gasteiger partial charge in [0.15, 0.2) is 0 Å². The molecule has 5 rings (SSSR count). The molecule has 0 aliphatic rings. The quantitative estimate of drug-likeness (QED) is 0.135. The van der Waals surface area contributed by atoms with Crippen LogP contribution in [0.5, 0.6) is 0 Å². The van der Waals surface area contributed by atoms with Crippen LogP contribution in [0.25, 0.3) is 22.6 Å². The van der Waals surface area contributed by atoms with E-state index in [1.165, 1.54) is 33.4 Å². The van der Waals surface area contributed by atoms with Gasteiger partial charge in [0.1, 0.15) is 6.04 Å². The van der Waals surface area contributed by atoms with E-state index >= 15 is 0 Å². The van der Waals surface area contributed by atoms with Crippen LogP contribution in [-0.2, 0) is 16.6 Å². The average molecular weight is 631 g/mol. The van der Waals surface area contributed by atoms with E-state index in [4.69, 9.17) is 9.52 Å². The van der Waals surface area contributed by atoms with E-state index in [-0.39, 0.29) is 30.3 Å². The third-order valence-electron chi connectivity index (χ3n) is 8.21. The molecule has 8 heteroatoms. The van der Waals surface area contributed by atoms with Crippen molar-refractivity contribution in [2.75, 3.05) is 11.9 Å². The van der Waals surface area contributed by atoms with Gasteiger partial charge in [-0.15, -0.1) is 10.2 Å². The number of benzene rings is 4. The number of carboxylic acids is 1. The Morgan fingerprint density at radius 2 is 1.45 bits per heavy atom. The Morgan fingerprint density at radius 3 is 2.04 bits per heavy atom. The zero-order valence-corrected chi connectivity index (χ0v) is 27.8. The minimum atomic E-state index is -0.961. The van der Waals surface area contributed by atoms with Crippen LogP contribution in [0.15, 0.2) is 89.3 Å². The lowest BCUT2D eigenvalue weighted by molar-refractivity contribution is -0.136. The number of carbonyl (C=O) groups excluding carboxylic acids is 1. The van der Waals surface area contributed by atoms with Gasteiger partial charge in [0.05, 0.1) is 6.42 Å². The second kappa shape index (κ2) is 14.0. The molecule has 0 spiro atoms. The smallest absolute Gasteiger partial charge is 0.305 e. The normalized spacial score (nSPS) is 12.0. The monoisotopic (exact) mass is 630 g/mol. The van der Waals surface area contributed by atoms with Gasteiger partial charge in [-0.1, -0.05) is 74.9 Å². The maximum Gasteiger partial charge on any atom is 0.305 e. The molecular formula is C39H42N4O4. The molecule has 1 atom stereocenters. The van der Waals surface area contributed by atoms with E-state index < -0.39 is 5.97 Å². The number of nitrogens with one attached hydrogen (secondary N) is 2. The Hall–Kier alpha value is -5.24. The second-order valence-corrected chi connectivity index (χ2v) is 13.1. The first kappa shape index (κ1) is 33.1. The summed E-state index contributed by atoms with van der Waals surface area (Å²) < 4.78 is 6.27. The van der Waals surface area contributed by atoms with E-state index in [0.717, 1.165) is 16.8 Å². The highest BCUT2D eigenvalue weighted by Crippen LogP contribution is 2.31. The molecule has 0 aliphatic carbocycles. The lowest BCUT2D eigenvalue weighted by Gasteiger charge is -2.19. The van der Waals surface area contributed by atoms with Gasteiger partial charge in [-0.05, 0) is 96.0 Å². The van der Waals surface area contributed by atoms with Crippen LogP contribution in [0.1, 0.15) is 77.3 Å². The molecular weight excluding hydrogens is 588 g/mol. The number of carboxylic acid groups (broad SMARTS) is 1. The highest BCUT2D eigenvalue weighted by molar-refractivity contribution is 5.94. The topological polar surface area (TPSA) is 117 Å². The Kier molecular flexibility index (Phi) is 9.89. The fourth-order valence-corrected chi connectivity index (χ4v) is 5.79. The van der Waals surface area contributed by atoms with Gasteiger partial charge in [-0.25, -0.2) is 0 Å². The van der Waals surface area contributed by atoms with Gasteiger partial charge >= 0.3 is 5.97 Å². The maximum absolute atomic E-state index is 12.5. The third-order valence-corrected chi connectivity index (χ3v) is 8.21. The van der Waals surface area contributed by atoms with Crippen LogP contribution < -0.4 is 10.6 Å². The lowest BCUT2D eigenvalue weighted by Crippen LogP contribution is -2.25. The fourth-order valence-electron chi connectivity index (χ4n) is 5.79. The number of hydrogen-bond acceptors (Lipinski definition) is 6. The highest BCUT2D eigenvalue weighted by atomic mass is 16.4. The second-order valence-electron chi connectivity index (χ2n) is 13.1. The SMILES string of the molecule is Cc1cc(C)c(-c2ccc(C[C@H](Nc3ccc(C(=O)NCCC(=O)O)cc3)c3nnc(-c4ccc(C(C)(C)C)cc4)o3)cc2)c(C)c1. The summed E-state index contributed by atoms with van der Waals surface area (Å²) in [6.45, 7) is 13.0. The Labute approximate surface area is 276 Å².